The Morgan fingerprint density at radius 2 is 2.33 bits per heavy atom. The summed E-state index contributed by atoms with van der Waals surface area (Å²) in [5.41, 5.74) is 0. The fraction of sp³-hybridized carbons (Fsp3) is 1.00. The highest BCUT2D eigenvalue weighted by atomic mass is 16.3. The van der Waals surface area contributed by atoms with Gasteiger partial charge in [0.2, 0.25) is 0 Å². The molecule has 1 heterocycles. The average Bonchev–Trinajstić information content (AvgIpc) is 2.66. The van der Waals surface area contributed by atoms with Gasteiger partial charge in [0.25, 0.3) is 0 Å². The van der Waals surface area contributed by atoms with Crippen LogP contribution in [0.1, 0.15) is 39.5 Å². The molecule has 0 radical (unpaired) electrons. The molecule has 1 aliphatic heterocycles. The lowest BCUT2D eigenvalue weighted by Crippen LogP contribution is -2.41. The highest BCUT2D eigenvalue weighted by Gasteiger charge is 2.18. The molecule has 0 spiro atoms. The summed E-state index contributed by atoms with van der Waals surface area (Å²) in [5, 5.41) is 12.9. The van der Waals surface area contributed by atoms with Gasteiger partial charge in [-0.3, -0.25) is 4.90 Å². The SMILES string of the molecule is CCCCN(CC(C)O)CC1CCCN1. The second kappa shape index (κ2) is 7.20. The number of aliphatic hydroxyl groups excluding tert-OH is 1. The molecule has 2 N–H and O–H groups in total. The molecular weight excluding hydrogens is 188 g/mol. The highest BCUT2D eigenvalue weighted by molar-refractivity contribution is 4.78. The Labute approximate surface area is 93.9 Å². The molecule has 0 saturated carbocycles. The van der Waals surface area contributed by atoms with E-state index in [4.69, 9.17) is 0 Å². The lowest BCUT2D eigenvalue weighted by atomic mass is 10.2. The van der Waals surface area contributed by atoms with Crippen molar-refractivity contribution in [2.75, 3.05) is 26.2 Å². The molecule has 1 saturated heterocycles. The van der Waals surface area contributed by atoms with E-state index in [1.54, 1.807) is 0 Å². The summed E-state index contributed by atoms with van der Waals surface area (Å²) >= 11 is 0. The third-order valence-corrected chi connectivity index (χ3v) is 2.99. The Bertz CT molecular complexity index is 156. The maximum atomic E-state index is 9.43. The van der Waals surface area contributed by atoms with Crippen molar-refractivity contribution in [1.82, 2.24) is 10.2 Å². The van der Waals surface area contributed by atoms with Crippen molar-refractivity contribution < 1.29 is 5.11 Å². The van der Waals surface area contributed by atoms with Crippen LogP contribution in [0.2, 0.25) is 0 Å². The molecule has 3 nitrogen and oxygen atoms in total. The first-order valence-electron chi connectivity index (χ1n) is 6.36. The van der Waals surface area contributed by atoms with E-state index >= 15 is 0 Å². The van der Waals surface area contributed by atoms with Crippen molar-refractivity contribution in [2.24, 2.45) is 0 Å². The van der Waals surface area contributed by atoms with Gasteiger partial charge in [0.15, 0.2) is 0 Å². The van der Waals surface area contributed by atoms with E-state index in [2.05, 4.69) is 17.1 Å². The van der Waals surface area contributed by atoms with Crippen molar-refractivity contribution in [1.29, 1.82) is 0 Å². The molecule has 2 unspecified atom stereocenters. The van der Waals surface area contributed by atoms with E-state index in [-0.39, 0.29) is 6.10 Å². The Morgan fingerprint density at radius 3 is 2.87 bits per heavy atom. The number of rotatable bonds is 7. The van der Waals surface area contributed by atoms with E-state index in [9.17, 15) is 5.11 Å². The summed E-state index contributed by atoms with van der Waals surface area (Å²) in [4.78, 5) is 2.40. The lowest BCUT2D eigenvalue weighted by Gasteiger charge is -2.26. The summed E-state index contributed by atoms with van der Waals surface area (Å²) in [5.74, 6) is 0. The predicted molar refractivity (Wildman–Crippen MR) is 64.1 cm³/mol. The molecular formula is C12H26N2O. The first kappa shape index (κ1) is 12.9. The lowest BCUT2D eigenvalue weighted by molar-refractivity contribution is 0.120. The van der Waals surface area contributed by atoms with Crippen molar-refractivity contribution >= 4 is 0 Å². The van der Waals surface area contributed by atoms with Gasteiger partial charge < -0.3 is 10.4 Å². The van der Waals surface area contributed by atoms with Gasteiger partial charge in [-0.1, -0.05) is 13.3 Å². The minimum Gasteiger partial charge on any atom is -0.392 e. The van der Waals surface area contributed by atoms with Crippen LogP contribution < -0.4 is 5.32 Å². The summed E-state index contributed by atoms with van der Waals surface area (Å²) in [7, 11) is 0. The smallest absolute Gasteiger partial charge is 0.0639 e. The zero-order valence-corrected chi connectivity index (χ0v) is 10.2. The highest BCUT2D eigenvalue weighted by Crippen LogP contribution is 2.08. The van der Waals surface area contributed by atoms with Crippen LogP contribution in [0.25, 0.3) is 0 Å². The summed E-state index contributed by atoms with van der Waals surface area (Å²) < 4.78 is 0. The Balaban J connectivity index is 2.26. The molecule has 2 atom stereocenters. The molecule has 15 heavy (non-hydrogen) atoms. The second-order valence-electron chi connectivity index (χ2n) is 4.76. The molecule has 0 aromatic rings. The van der Waals surface area contributed by atoms with Crippen LogP contribution in [-0.4, -0.2) is 48.3 Å². The molecule has 0 bridgehead atoms. The van der Waals surface area contributed by atoms with E-state index in [1.807, 2.05) is 6.92 Å². The summed E-state index contributed by atoms with van der Waals surface area (Å²) in [6.45, 7) is 8.30. The van der Waals surface area contributed by atoms with Crippen molar-refractivity contribution in [3.8, 4) is 0 Å². The molecule has 0 amide bonds. The van der Waals surface area contributed by atoms with Crippen LogP contribution in [0.3, 0.4) is 0 Å². The number of nitrogens with zero attached hydrogens (tertiary/aromatic N) is 1. The van der Waals surface area contributed by atoms with Gasteiger partial charge in [-0.2, -0.15) is 0 Å². The van der Waals surface area contributed by atoms with Gasteiger partial charge in [0, 0.05) is 19.1 Å². The van der Waals surface area contributed by atoms with Crippen LogP contribution in [0, 0.1) is 0 Å². The van der Waals surface area contributed by atoms with Crippen LogP contribution in [0.5, 0.6) is 0 Å². The normalized spacial score (nSPS) is 23.6. The quantitative estimate of drug-likeness (QED) is 0.669. The van der Waals surface area contributed by atoms with Crippen LogP contribution in [0.15, 0.2) is 0 Å². The molecule has 0 aromatic heterocycles. The first-order chi connectivity index (χ1) is 7.22. The number of nitrogens with one attached hydrogen (secondary N) is 1. The third kappa shape index (κ3) is 5.50. The van der Waals surface area contributed by atoms with Crippen LogP contribution >= 0.6 is 0 Å². The fourth-order valence-corrected chi connectivity index (χ4v) is 2.24. The van der Waals surface area contributed by atoms with Gasteiger partial charge in [0.1, 0.15) is 0 Å². The second-order valence-corrected chi connectivity index (χ2v) is 4.76. The topological polar surface area (TPSA) is 35.5 Å². The van der Waals surface area contributed by atoms with Crippen molar-refractivity contribution in [3.05, 3.63) is 0 Å². The fourth-order valence-electron chi connectivity index (χ4n) is 2.24. The minimum atomic E-state index is -0.205. The summed E-state index contributed by atoms with van der Waals surface area (Å²) in [6.07, 6.45) is 4.86. The average molecular weight is 214 g/mol. The number of hydrogen-bond donors (Lipinski definition) is 2. The van der Waals surface area contributed by atoms with E-state index in [1.165, 1.54) is 32.2 Å². The zero-order chi connectivity index (χ0) is 11.1. The number of hydrogen-bond acceptors (Lipinski definition) is 3. The van der Waals surface area contributed by atoms with Gasteiger partial charge in [0.05, 0.1) is 6.10 Å². The minimum absolute atomic E-state index is 0.205. The zero-order valence-electron chi connectivity index (χ0n) is 10.2. The predicted octanol–water partition coefficient (Wildman–Crippen LogP) is 1.22. The van der Waals surface area contributed by atoms with E-state index in [0.717, 1.165) is 19.6 Å². The number of aliphatic hydroxyl groups is 1. The largest absolute Gasteiger partial charge is 0.392 e. The van der Waals surface area contributed by atoms with Gasteiger partial charge in [-0.05, 0) is 39.3 Å². The maximum Gasteiger partial charge on any atom is 0.0639 e. The van der Waals surface area contributed by atoms with Gasteiger partial charge in [-0.15, -0.1) is 0 Å². The maximum absolute atomic E-state index is 9.43. The number of unbranched alkanes of at least 4 members (excludes halogenated alkanes) is 1. The Kier molecular flexibility index (Phi) is 6.22. The Morgan fingerprint density at radius 1 is 1.53 bits per heavy atom. The van der Waals surface area contributed by atoms with E-state index in [0.29, 0.717) is 6.04 Å². The van der Waals surface area contributed by atoms with Gasteiger partial charge >= 0.3 is 0 Å². The molecule has 1 rings (SSSR count). The van der Waals surface area contributed by atoms with E-state index < -0.39 is 0 Å². The van der Waals surface area contributed by atoms with Gasteiger partial charge in [-0.25, -0.2) is 0 Å². The molecule has 1 fully saturated rings. The standard InChI is InChI=1S/C12H26N2O/c1-3-4-8-14(9-11(2)15)10-12-6-5-7-13-12/h11-13,15H,3-10H2,1-2H3. The van der Waals surface area contributed by atoms with Crippen molar-refractivity contribution in [3.63, 3.8) is 0 Å². The van der Waals surface area contributed by atoms with Crippen LogP contribution in [0.4, 0.5) is 0 Å². The summed E-state index contributed by atoms with van der Waals surface area (Å²) in [6, 6.07) is 0.653. The molecule has 90 valence electrons. The molecule has 3 heteroatoms. The molecule has 0 aliphatic carbocycles. The third-order valence-electron chi connectivity index (χ3n) is 2.99. The molecule has 1 aliphatic rings. The Hall–Kier alpha value is -0.120. The molecule has 0 aromatic carbocycles. The van der Waals surface area contributed by atoms with Crippen molar-refractivity contribution in [2.45, 2.75) is 51.7 Å². The monoisotopic (exact) mass is 214 g/mol. The van der Waals surface area contributed by atoms with Crippen LogP contribution in [-0.2, 0) is 0 Å². The first-order valence-corrected chi connectivity index (χ1v) is 6.36.